The summed E-state index contributed by atoms with van der Waals surface area (Å²) in [5.74, 6) is 0.196. The highest BCUT2D eigenvalue weighted by atomic mass is 35.5. The Morgan fingerprint density at radius 3 is 2.56 bits per heavy atom. The van der Waals surface area contributed by atoms with E-state index in [9.17, 15) is 4.79 Å². The summed E-state index contributed by atoms with van der Waals surface area (Å²) >= 11 is 5.96. The van der Waals surface area contributed by atoms with Crippen molar-refractivity contribution in [3.8, 4) is 0 Å². The Morgan fingerprint density at radius 2 is 1.81 bits per heavy atom. The minimum Gasteiger partial charge on any atom is -0.368 e. The molecule has 0 spiro atoms. The lowest BCUT2D eigenvalue weighted by atomic mass is 10.2. The van der Waals surface area contributed by atoms with Crippen molar-refractivity contribution in [1.82, 2.24) is 14.7 Å². The largest absolute Gasteiger partial charge is 0.368 e. The fourth-order valence-corrected chi connectivity index (χ4v) is 3.71. The molecule has 5 nitrogen and oxygen atoms in total. The normalized spacial score (nSPS) is 14.7. The van der Waals surface area contributed by atoms with Gasteiger partial charge in [0.25, 0.3) is 0 Å². The summed E-state index contributed by atoms with van der Waals surface area (Å²) in [7, 11) is 0. The fourth-order valence-electron chi connectivity index (χ4n) is 3.58. The van der Waals surface area contributed by atoms with Crippen molar-refractivity contribution in [1.29, 1.82) is 0 Å². The van der Waals surface area contributed by atoms with Gasteiger partial charge in [-0.25, -0.2) is 0 Å². The first-order valence-corrected chi connectivity index (χ1v) is 9.68. The predicted octanol–water partition coefficient (Wildman–Crippen LogP) is 3.74. The minimum atomic E-state index is 0.196. The molecular formula is C21H23ClN4O. The van der Waals surface area contributed by atoms with Crippen molar-refractivity contribution in [3.05, 3.63) is 59.2 Å². The van der Waals surface area contributed by atoms with Gasteiger partial charge < -0.3 is 9.80 Å². The molecule has 0 saturated carbocycles. The molecule has 1 saturated heterocycles. The monoisotopic (exact) mass is 382 g/mol. The van der Waals surface area contributed by atoms with Crippen LogP contribution in [-0.4, -0.2) is 46.8 Å². The zero-order chi connectivity index (χ0) is 18.8. The molecule has 6 heteroatoms. The van der Waals surface area contributed by atoms with Crippen LogP contribution in [0.2, 0.25) is 5.02 Å². The van der Waals surface area contributed by atoms with Crippen LogP contribution in [0, 0.1) is 6.92 Å². The van der Waals surface area contributed by atoms with Gasteiger partial charge in [-0.15, -0.1) is 0 Å². The summed E-state index contributed by atoms with van der Waals surface area (Å²) in [5.41, 5.74) is 3.45. The topological polar surface area (TPSA) is 41.4 Å². The highest BCUT2D eigenvalue weighted by Gasteiger charge is 2.21. The number of anilines is 1. The smallest absolute Gasteiger partial charge is 0.224 e. The summed E-state index contributed by atoms with van der Waals surface area (Å²) in [4.78, 5) is 16.9. The number of hydrogen-bond acceptors (Lipinski definition) is 3. The Hall–Kier alpha value is -2.53. The van der Waals surface area contributed by atoms with Crippen LogP contribution in [0.5, 0.6) is 0 Å². The Bertz CT molecular complexity index is 942. The van der Waals surface area contributed by atoms with Crippen LogP contribution in [0.3, 0.4) is 0 Å². The van der Waals surface area contributed by atoms with Gasteiger partial charge in [0.05, 0.1) is 18.3 Å². The van der Waals surface area contributed by atoms with Crippen molar-refractivity contribution < 1.29 is 4.79 Å². The molecule has 1 aliphatic rings. The van der Waals surface area contributed by atoms with E-state index in [1.165, 1.54) is 5.56 Å². The summed E-state index contributed by atoms with van der Waals surface area (Å²) in [6, 6.07) is 14.2. The second-order valence-electron chi connectivity index (χ2n) is 7.02. The number of rotatable bonds is 4. The molecule has 1 amide bonds. The average molecular weight is 383 g/mol. The van der Waals surface area contributed by atoms with Crippen molar-refractivity contribution in [3.63, 3.8) is 0 Å². The summed E-state index contributed by atoms with van der Waals surface area (Å²) in [6.45, 7) is 5.88. The van der Waals surface area contributed by atoms with E-state index in [0.717, 1.165) is 47.8 Å². The molecule has 3 aromatic rings. The van der Waals surface area contributed by atoms with Crippen molar-refractivity contribution >= 4 is 34.1 Å². The van der Waals surface area contributed by atoms with E-state index >= 15 is 0 Å². The number of carbonyl (C=O) groups is 1. The lowest BCUT2D eigenvalue weighted by molar-refractivity contribution is -0.131. The summed E-state index contributed by atoms with van der Waals surface area (Å²) < 4.78 is 1.93. The van der Waals surface area contributed by atoms with Crippen LogP contribution < -0.4 is 4.90 Å². The minimum absolute atomic E-state index is 0.196. The number of aromatic nitrogens is 2. The van der Waals surface area contributed by atoms with E-state index in [1.807, 2.05) is 40.0 Å². The van der Waals surface area contributed by atoms with Gasteiger partial charge in [-0.2, -0.15) is 5.10 Å². The summed E-state index contributed by atoms with van der Waals surface area (Å²) in [5, 5.41) is 6.30. The van der Waals surface area contributed by atoms with Gasteiger partial charge in [0.1, 0.15) is 0 Å². The number of benzene rings is 2. The van der Waals surface area contributed by atoms with E-state index in [0.29, 0.717) is 13.0 Å². The van der Waals surface area contributed by atoms with Gasteiger partial charge >= 0.3 is 0 Å². The first-order valence-electron chi connectivity index (χ1n) is 9.30. The maximum absolute atomic E-state index is 12.6. The molecule has 0 bridgehead atoms. The zero-order valence-corrected chi connectivity index (χ0v) is 16.2. The van der Waals surface area contributed by atoms with Crippen molar-refractivity contribution in [2.75, 3.05) is 31.1 Å². The van der Waals surface area contributed by atoms with Crippen LogP contribution in [0.15, 0.2) is 48.7 Å². The van der Waals surface area contributed by atoms with Gasteiger partial charge in [0.15, 0.2) is 0 Å². The number of fused-ring (bicyclic) bond motifs is 1. The van der Waals surface area contributed by atoms with Crippen molar-refractivity contribution in [2.45, 2.75) is 19.9 Å². The lowest BCUT2D eigenvalue weighted by Crippen LogP contribution is -2.49. The molecule has 27 heavy (non-hydrogen) atoms. The molecule has 1 fully saturated rings. The second-order valence-corrected chi connectivity index (χ2v) is 7.46. The van der Waals surface area contributed by atoms with E-state index < -0.39 is 0 Å². The standard InChI is InChI=1S/C21H23ClN4O/c1-16-2-3-17-15-23-26(20(17)14-16)9-8-21(27)25-12-10-24(11-13-25)19-6-4-18(22)5-7-19/h2-7,14-15H,8-13H2,1H3. The third-order valence-corrected chi connectivity index (χ3v) is 5.41. The Kier molecular flexibility index (Phi) is 5.03. The molecule has 1 aliphatic heterocycles. The van der Waals surface area contributed by atoms with Crippen LogP contribution in [-0.2, 0) is 11.3 Å². The SMILES string of the molecule is Cc1ccc2cnn(CCC(=O)N3CCN(c4ccc(Cl)cc4)CC3)c2c1. The summed E-state index contributed by atoms with van der Waals surface area (Å²) in [6.07, 6.45) is 2.34. The number of hydrogen-bond donors (Lipinski definition) is 0. The third kappa shape index (κ3) is 3.93. The number of halogens is 1. The lowest BCUT2D eigenvalue weighted by Gasteiger charge is -2.36. The number of nitrogens with zero attached hydrogens (tertiary/aromatic N) is 4. The zero-order valence-electron chi connectivity index (χ0n) is 15.4. The second kappa shape index (κ2) is 7.61. The molecule has 0 unspecified atom stereocenters. The molecule has 1 aromatic heterocycles. The van der Waals surface area contributed by atoms with Crippen LogP contribution >= 0.6 is 11.6 Å². The van der Waals surface area contributed by atoms with E-state index in [-0.39, 0.29) is 5.91 Å². The number of piperazine rings is 1. The van der Waals surface area contributed by atoms with Crippen LogP contribution in [0.4, 0.5) is 5.69 Å². The molecule has 0 aliphatic carbocycles. The molecule has 0 radical (unpaired) electrons. The Morgan fingerprint density at radius 1 is 1.07 bits per heavy atom. The highest BCUT2D eigenvalue weighted by molar-refractivity contribution is 6.30. The average Bonchev–Trinajstić information content (AvgIpc) is 3.09. The quantitative estimate of drug-likeness (QED) is 0.690. The van der Waals surface area contributed by atoms with Crippen LogP contribution in [0.25, 0.3) is 10.9 Å². The number of amides is 1. The maximum atomic E-state index is 12.6. The molecule has 2 aromatic carbocycles. The van der Waals surface area contributed by atoms with Gasteiger partial charge in [0, 0.05) is 48.7 Å². The third-order valence-electron chi connectivity index (χ3n) is 5.16. The molecule has 0 atom stereocenters. The molecular weight excluding hydrogens is 360 g/mol. The number of carbonyl (C=O) groups excluding carboxylic acids is 1. The Balaban J connectivity index is 1.33. The molecule has 140 valence electrons. The first-order chi connectivity index (χ1) is 13.1. The van der Waals surface area contributed by atoms with Crippen molar-refractivity contribution in [2.24, 2.45) is 0 Å². The Labute approximate surface area is 164 Å². The highest BCUT2D eigenvalue weighted by Crippen LogP contribution is 2.20. The van der Waals surface area contributed by atoms with Gasteiger partial charge in [-0.1, -0.05) is 23.7 Å². The first kappa shape index (κ1) is 17.9. The fraction of sp³-hybridized carbons (Fsp3) is 0.333. The molecule has 0 N–H and O–H groups in total. The van der Waals surface area contributed by atoms with Crippen LogP contribution in [0.1, 0.15) is 12.0 Å². The van der Waals surface area contributed by atoms with Gasteiger partial charge in [0.2, 0.25) is 5.91 Å². The van der Waals surface area contributed by atoms with E-state index in [1.54, 1.807) is 0 Å². The van der Waals surface area contributed by atoms with Gasteiger partial charge in [-0.05, 0) is 42.8 Å². The molecule has 2 heterocycles. The molecule has 4 rings (SSSR count). The maximum Gasteiger partial charge on any atom is 0.224 e. The van der Waals surface area contributed by atoms with Gasteiger partial charge in [-0.3, -0.25) is 9.48 Å². The van der Waals surface area contributed by atoms with E-state index in [4.69, 9.17) is 11.6 Å². The van der Waals surface area contributed by atoms with E-state index in [2.05, 4.69) is 35.1 Å². The predicted molar refractivity (Wildman–Crippen MR) is 109 cm³/mol. The number of aryl methyl sites for hydroxylation is 2.